The molecule has 1 amide bonds. The van der Waals surface area contributed by atoms with Gasteiger partial charge in [0.2, 0.25) is 0 Å². The maximum Gasteiger partial charge on any atom is 0.407 e. The minimum absolute atomic E-state index is 0.0758. The van der Waals surface area contributed by atoms with Crippen molar-refractivity contribution in [3.8, 4) is 11.1 Å². The van der Waals surface area contributed by atoms with E-state index in [0.29, 0.717) is 16.3 Å². The van der Waals surface area contributed by atoms with Crippen molar-refractivity contribution in [2.75, 3.05) is 12.4 Å². The van der Waals surface area contributed by atoms with Crippen molar-refractivity contribution in [3.63, 3.8) is 0 Å². The molecule has 0 aromatic heterocycles. The molecule has 1 aliphatic rings. The number of benzene rings is 3. The Balaban J connectivity index is 1.34. The van der Waals surface area contributed by atoms with Crippen LogP contribution in [0.3, 0.4) is 0 Å². The Hall–Kier alpha value is -3.03. The van der Waals surface area contributed by atoms with Gasteiger partial charge in [-0.1, -0.05) is 60.1 Å². The van der Waals surface area contributed by atoms with Gasteiger partial charge in [-0.05, 0) is 46.0 Å². The Kier molecular flexibility index (Phi) is 7.20. The van der Waals surface area contributed by atoms with Crippen LogP contribution in [0.25, 0.3) is 11.1 Å². The summed E-state index contributed by atoms with van der Waals surface area (Å²) in [4.78, 5) is 24.0. The second kappa shape index (κ2) is 10.3. The second-order valence-electron chi connectivity index (χ2n) is 7.61. The monoisotopic (exact) mass is 485 g/mol. The predicted octanol–water partition coefficient (Wildman–Crippen LogP) is 5.70. The largest absolute Gasteiger partial charge is 0.480 e. The number of hydrogen-bond acceptors (Lipinski definition) is 4. The Morgan fingerprint density at radius 1 is 1.06 bits per heavy atom. The third kappa shape index (κ3) is 5.31. The van der Waals surface area contributed by atoms with Crippen molar-refractivity contribution < 1.29 is 23.8 Å². The Bertz CT molecular complexity index is 1140. The lowest BCUT2D eigenvalue weighted by atomic mass is 9.98. The first-order valence-corrected chi connectivity index (χ1v) is 11.8. The van der Waals surface area contributed by atoms with Gasteiger partial charge in [0.25, 0.3) is 0 Å². The molecule has 0 aliphatic heterocycles. The smallest absolute Gasteiger partial charge is 0.407 e. The van der Waals surface area contributed by atoms with E-state index >= 15 is 0 Å². The Labute approximate surface area is 199 Å². The van der Waals surface area contributed by atoms with Crippen LogP contribution in [0.4, 0.5) is 9.18 Å². The number of ether oxygens (including phenoxy) is 1. The van der Waals surface area contributed by atoms with Gasteiger partial charge in [0, 0.05) is 22.4 Å². The van der Waals surface area contributed by atoms with Gasteiger partial charge in [0.05, 0.1) is 0 Å². The van der Waals surface area contributed by atoms with E-state index in [9.17, 15) is 19.1 Å². The second-order valence-corrected chi connectivity index (χ2v) is 9.05. The van der Waals surface area contributed by atoms with Gasteiger partial charge in [-0.2, -0.15) is 11.8 Å². The number of rotatable bonds is 8. The summed E-state index contributed by atoms with van der Waals surface area (Å²) < 4.78 is 18.8. The summed E-state index contributed by atoms with van der Waals surface area (Å²) in [5.74, 6) is -1.32. The number of carbonyl (C=O) groups excluding carboxylic acids is 1. The summed E-state index contributed by atoms with van der Waals surface area (Å²) in [5, 5.41) is 12.3. The zero-order chi connectivity index (χ0) is 23.4. The molecule has 3 aromatic carbocycles. The molecule has 5 nitrogen and oxygen atoms in total. The van der Waals surface area contributed by atoms with Crippen LogP contribution in [0, 0.1) is 5.82 Å². The molecule has 1 unspecified atom stereocenters. The number of fused-ring (bicyclic) bond motifs is 3. The molecule has 4 rings (SSSR count). The normalized spacial score (nSPS) is 13.2. The van der Waals surface area contributed by atoms with E-state index in [-0.39, 0.29) is 18.3 Å². The minimum Gasteiger partial charge on any atom is -0.480 e. The van der Waals surface area contributed by atoms with Crippen LogP contribution in [0.2, 0.25) is 5.02 Å². The number of thioether (sulfide) groups is 1. The average Bonchev–Trinajstić information content (AvgIpc) is 3.13. The van der Waals surface area contributed by atoms with E-state index in [0.717, 1.165) is 22.3 Å². The summed E-state index contributed by atoms with van der Waals surface area (Å²) in [5.41, 5.74) is 4.93. The lowest BCUT2D eigenvalue weighted by Crippen LogP contribution is -2.43. The highest BCUT2D eigenvalue weighted by atomic mass is 35.5. The van der Waals surface area contributed by atoms with Gasteiger partial charge in [-0.25, -0.2) is 14.0 Å². The summed E-state index contributed by atoms with van der Waals surface area (Å²) in [7, 11) is 0. The van der Waals surface area contributed by atoms with Crippen LogP contribution in [-0.2, 0) is 15.3 Å². The molecule has 0 saturated heterocycles. The molecule has 3 aromatic rings. The average molecular weight is 486 g/mol. The number of aliphatic carboxylic acids is 1. The number of hydrogen-bond donors (Lipinski definition) is 2. The zero-order valence-corrected chi connectivity index (χ0v) is 19.0. The zero-order valence-electron chi connectivity index (χ0n) is 17.5. The molecular weight excluding hydrogens is 465 g/mol. The number of carboxylic acid groups (broad SMARTS) is 1. The molecule has 0 spiro atoms. The van der Waals surface area contributed by atoms with Gasteiger partial charge >= 0.3 is 12.1 Å². The van der Waals surface area contributed by atoms with Crippen molar-refractivity contribution in [2.45, 2.75) is 17.7 Å². The molecule has 0 fully saturated rings. The van der Waals surface area contributed by atoms with E-state index in [1.54, 1.807) is 0 Å². The number of alkyl carbamates (subject to hydrolysis) is 1. The maximum atomic E-state index is 13.4. The molecule has 170 valence electrons. The molecule has 0 heterocycles. The van der Waals surface area contributed by atoms with E-state index < -0.39 is 23.9 Å². The molecule has 0 saturated carbocycles. The van der Waals surface area contributed by atoms with Gasteiger partial charge < -0.3 is 15.2 Å². The number of carbonyl (C=O) groups is 2. The fourth-order valence-corrected chi connectivity index (χ4v) is 5.20. The number of nitrogens with one attached hydrogen (secondary N) is 1. The molecule has 0 bridgehead atoms. The highest BCUT2D eigenvalue weighted by Crippen LogP contribution is 2.44. The van der Waals surface area contributed by atoms with Gasteiger partial charge in [0.15, 0.2) is 0 Å². The standard InChI is InChI=1S/C25H21ClFNO4S/c26-22-10-9-16(27)11-15(22)13-33-14-23(24(29)30)28-25(31)32-12-21-19-7-3-1-5-17(19)18-6-2-4-8-20(18)21/h1-11,21,23H,12-14H2,(H,28,31)(H,29,30). The maximum absolute atomic E-state index is 13.4. The number of carboxylic acids is 1. The molecule has 0 radical (unpaired) electrons. The molecule has 8 heteroatoms. The van der Waals surface area contributed by atoms with Gasteiger partial charge in [0.1, 0.15) is 18.5 Å². The summed E-state index contributed by atoms with van der Waals surface area (Å²) in [6.07, 6.45) is -0.798. The van der Waals surface area contributed by atoms with E-state index in [4.69, 9.17) is 16.3 Å². The minimum atomic E-state index is -1.18. The first kappa shape index (κ1) is 23.1. The fraction of sp³-hybridized carbons (Fsp3) is 0.200. The van der Waals surface area contributed by atoms with E-state index in [2.05, 4.69) is 5.32 Å². The van der Waals surface area contributed by atoms with Gasteiger partial charge in [-0.3, -0.25) is 0 Å². The van der Waals surface area contributed by atoms with Crippen LogP contribution in [0.1, 0.15) is 22.6 Å². The van der Waals surface area contributed by atoms with Crippen LogP contribution >= 0.6 is 23.4 Å². The molecule has 1 atom stereocenters. The highest BCUT2D eigenvalue weighted by Gasteiger charge is 2.29. The number of amides is 1. The SMILES string of the molecule is O=C(NC(CSCc1cc(F)ccc1Cl)C(=O)O)OCC1c2ccccc2-c2ccccc21. The van der Waals surface area contributed by atoms with Crippen LogP contribution < -0.4 is 5.32 Å². The van der Waals surface area contributed by atoms with Crippen molar-refractivity contribution in [1.82, 2.24) is 5.32 Å². The van der Waals surface area contributed by atoms with E-state index in [1.165, 1.54) is 30.0 Å². The van der Waals surface area contributed by atoms with Gasteiger partial charge in [-0.15, -0.1) is 0 Å². The predicted molar refractivity (Wildman–Crippen MR) is 127 cm³/mol. The van der Waals surface area contributed by atoms with Crippen molar-refractivity contribution >= 4 is 35.4 Å². The fourth-order valence-electron chi connectivity index (χ4n) is 3.90. The summed E-state index contributed by atoms with van der Waals surface area (Å²) >= 11 is 7.28. The topological polar surface area (TPSA) is 75.6 Å². The lowest BCUT2D eigenvalue weighted by Gasteiger charge is -2.17. The van der Waals surface area contributed by atoms with Crippen LogP contribution in [0.15, 0.2) is 66.7 Å². The molecule has 33 heavy (non-hydrogen) atoms. The first-order chi connectivity index (χ1) is 15.9. The van der Waals surface area contributed by atoms with Crippen molar-refractivity contribution in [2.24, 2.45) is 0 Å². The van der Waals surface area contributed by atoms with Crippen LogP contribution in [0.5, 0.6) is 0 Å². The van der Waals surface area contributed by atoms with Crippen LogP contribution in [-0.4, -0.2) is 35.6 Å². The quantitative estimate of drug-likeness (QED) is 0.428. The third-order valence-corrected chi connectivity index (χ3v) is 6.94. The first-order valence-electron chi connectivity index (χ1n) is 10.3. The molecule has 2 N–H and O–H groups in total. The summed E-state index contributed by atoms with van der Waals surface area (Å²) in [6.45, 7) is 0.0955. The van der Waals surface area contributed by atoms with E-state index in [1.807, 2.05) is 48.5 Å². The van der Waals surface area contributed by atoms with Crippen molar-refractivity contribution in [3.05, 3.63) is 94.3 Å². The lowest BCUT2D eigenvalue weighted by molar-refractivity contribution is -0.138. The Morgan fingerprint density at radius 2 is 1.70 bits per heavy atom. The van der Waals surface area contributed by atoms with Crippen molar-refractivity contribution in [1.29, 1.82) is 0 Å². The Morgan fingerprint density at radius 3 is 2.33 bits per heavy atom. The number of halogens is 2. The molecule has 1 aliphatic carbocycles. The highest BCUT2D eigenvalue weighted by molar-refractivity contribution is 7.98. The summed E-state index contributed by atoms with van der Waals surface area (Å²) in [6, 6.07) is 18.8. The third-order valence-electron chi connectivity index (χ3n) is 5.48. The molecular formula is C25H21ClFNO4S.